The molecule has 0 heterocycles. The van der Waals surface area contributed by atoms with Gasteiger partial charge in [0.25, 0.3) is 0 Å². The molecule has 0 aliphatic heterocycles. The van der Waals surface area contributed by atoms with Crippen LogP contribution in [0.1, 0.15) is 57.4 Å². The molecule has 1 aromatic rings. The number of unbranched alkanes of at least 4 members (excludes halogenated alkanes) is 6. The molecule has 0 aliphatic rings. The normalized spacial score (nSPS) is 11.3. The Kier molecular flexibility index (Phi) is 24.2. The largest absolute Gasteiger partial charge is 0.467 e. The summed E-state index contributed by atoms with van der Waals surface area (Å²) in [4.78, 5) is 0. The predicted molar refractivity (Wildman–Crippen MR) is 129 cm³/mol. The topological polar surface area (TPSA) is 113 Å². The third kappa shape index (κ3) is 20.8. The molecule has 0 unspecified atom stereocenters. The van der Waals surface area contributed by atoms with Crippen molar-refractivity contribution in [1.29, 1.82) is 0 Å². The fraction of sp³-hybridized carbons (Fsp3) is 0.760. The van der Waals surface area contributed by atoms with E-state index in [0.29, 0.717) is 0 Å². The average Bonchev–Trinajstić information content (AvgIpc) is 2.90. The molecule has 1 aromatic carbocycles. The van der Waals surface area contributed by atoms with E-state index in [2.05, 4.69) is 17.7 Å². The lowest BCUT2D eigenvalue weighted by molar-refractivity contribution is -0.229. The molecule has 0 spiro atoms. The molecule has 36 heavy (non-hydrogen) atoms. The second-order valence-electron chi connectivity index (χ2n) is 7.65. The van der Waals surface area contributed by atoms with E-state index in [4.69, 9.17) is 47.7 Å². The van der Waals surface area contributed by atoms with Gasteiger partial charge in [-0.2, -0.15) is 0 Å². The van der Waals surface area contributed by atoms with Crippen LogP contribution < -0.4 is 4.74 Å². The quantitative estimate of drug-likeness (QED) is 0.127. The SMILES string of the molecule is CCCCCCCCCc1ccccc1OCOCOCOCOCOCOCOCOCOCO. The molecule has 0 saturated carbocycles. The van der Waals surface area contributed by atoms with Crippen LogP contribution in [0.25, 0.3) is 0 Å². The van der Waals surface area contributed by atoms with E-state index in [1.54, 1.807) is 0 Å². The Bertz CT molecular complexity index is 577. The number of aryl methyl sites for hydroxylation is 1. The number of aliphatic hydroxyl groups is 1. The van der Waals surface area contributed by atoms with Gasteiger partial charge in [0.15, 0.2) is 61.1 Å². The third-order valence-electron chi connectivity index (χ3n) is 4.74. The van der Waals surface area contributed by atoms with E-state index >= 15 is 0 Å². The summed E-state index contributed by atoms with van der Waals surface area (Å²) in [7, 11) is 0. The first-order valence-corrected chi connectivity index (χ1v) is 12.4. The van der Waals surface area contributed by atoms with Gasteiger partial charge in [0.1, 0.15) is 12.5 Å². The average molecular weight is 521 g/mol. The molecule has 1 N–H and O–H groups in total. The van der Waals surface area contributed by atoms with Crippen molar-refractivity contribution in [2.75, 3.05) is 67.9 Å². The van der Waals surface area contributed by atoms with Crippen molar-refractivity contribution in [3.63, 3.8) is 0 Å². The summed E-state index contributed by atoms with van der Waals surface area (Å²) in [6, 6.07) is 8.07. The Balaban J connectivity index is 1.87. The summed E-state index contributed by atoms with van der Waals surface area (Å²) >= 11 is 0. The van der Waals surface area contributed by atoms with Gasteiger partial charge in [0.05, 0.1) is 0 Å². The highest BCUT2D eigenvalue weighted by Gasteiger charge is 2.03. The van der Waals surface area contributed by atoms with Crippen molar-refractivity contribution in [1.82, 2.24) is 0 Å². The maximum atomic E-state index is 8.37. The summed E-state index contributed by atoms with van der Waals surface area (Å²) in [6.45, 7) is 1.87. The first kappa shape index (κ1) is 32.6. The molecule has 0 aromatic heterocycles. The minimum atomic E-state index is -0.405. The van der Waals surface area contributed by atoms with Crippen molar-refractivity contribution in [3.05, 3.63) is 29.8 Å². The van der Waals surface area contributed by atoms with E-state index in [1.807, 2.05) is 18.2 Å². The van der Waals surface area contributed by atoms with Gasteiger partial charge in [-0.15, -0.1) is 0 Å². The van der Waals surface area contributed by atoms with Gasteiger partial charge in [0, 0.05) is 0 Å². The lowest BCUT2D eigenvalue weighted by Gasteiger charge is -2.12. The molecule has 210 valence electrons. The summed E-state index contributed by atoms with van der Waals surface area (Å²) in [5.41, 5.74) is 1.20. The number of hydrogen-bond acceptors (Lipinski definition) is 11. The number of para-hydroxylation sites is 1. The summed E-state index contributed by atoms with van der Waals surface area (Å²) in [5.74, 6) is 0.852. The highest BCUT2D eigenvalue weighted by Crippen LogP contribution is 2.21. The van der Waals surface area contributed by atoms with Crippen molar-refractivity contribution < 1.29 is 52.5 Å². The van der Waals surface area contributed by atoms with Crippen molar-refractivity contribution in [2.45, 2.75) is 58.3 Å². The molecule has 0 fully saturated rings. The number of hydrogen-bond donors (Lipinski definition) is 1. The predicted octanol–water partition coefficient (Wildman–Crippen LogP) is 4.08. The van der Waals surface area contributed by atoms with Gasteiger partial charge in [-0.05, 0) is 24.5 Å². The Hall–Kier alpha value is -1.38. The second kappa shape index (κ2) is 26.7. The molecule has 0 atom stereocenters. The molecule has 0 bridgehead atoms. The van der Waals surface area contributed by atoms with Gasteiger partial charge in [-0.1, -0.05) is 63.6 Å². The fourth-order valence-electron chi connectivity index (χ4n) is 3.01. The van der Waals surface area contributed by atoms with Gasteiger partial charge < -0.3 is 52.5 Å². The highest BCUT2D eigenvalue weighted by molar-refractivity contribution is 5.33. The minimum absolute atomic E-state index is 0.00231. The molecule has 1 rings (SSSR count). The smallest absolute Gasteiger partial charge is 0.191 e. The monoisotopic (exact) mass is 520 g/mol. The summed E-state index contributed by atoms with van der Waals surface area (Å²) in [6.07, 6.45) is 10.0. The zero-order valence-electron chi connectivity index (χ0n) is 21.6. The molecule has 11 nitrogen and oxygen atoms in total. The Morgan fingerprint density at radius 3 is 1.50 bits per heavy atom. The molecular formula is C25H44O11. The zero-order valence-corrected chi connectivity index (χ0v) is 21.6. The second-order valence-corrected chi connectivity index (χ2v) is 7.65. The standard InChI is InChI=1S/C25H44O11/c1-2-3-4-5-6-7-8-11-24-12-9-10-13-25(24)36-23-35-22-34-21-33-20-32-19-31-18-30-17-29-16-28-15-27-14-26/h9-10,12-13,26H,2-8,11,14-23H2,1H3. The van der Waals surface area contributed by atoms with E-state index in [1.165, 1.54) is 50.5 Å². The lowest BCUT2D eigenvalue weighted by Crippen LogP contribution is -2.12. The molecule has 0 aliphatic carbocycles. The molecular weight excluding hydrogens is 476 g/mol. The molecule has 11 heteroatoms. The first-order valence-electron chi connectivity index (χ1n) is 12.4. The number of aliphatic hydroxyl groups excluding tert-OH is 1. The third-order valence-corrected chi connectivity index (χ3v) is 4.74. The Labute approximate surface area is 214 Å². The summed E-state index contributed by atoms with van der Waals surface area (Å²) < 4.78 is 50.9. The zero-order chi connectivity index (χ0) is 25.8. The van der Waals surface area contributed by atoms with Crippen molar-refractivity contribution in [2.24, 2.45) is 0 Å². The van der Waals surface area contributed by atoms with Crippen LogP contribution >= 0.6 is 0 Å². The van der Waals surface area contributed by atoms with Gasteiger partial charge in [-0.25, -0.2) is 0 Å². The Morgan fingerprint density at radius 2 is 0.972 bits per heavy atom. The molecule has 0 saturated heterocycles. The van der Waals surface area contributed by atoms with Crippen LogP contribution in [-0.4, -0.2) is 73.0 Å². The van der Waals surface area contributed by atoms with Gasteiger partial charge in [-0.3, -0.25) is 0 Å². The maximum Gasteiger partial charge on any atom is 0.191 e. The van der Waals surface area contributed by atoms with E-state index in [-0.39, 0.29) is 61.1 Å². The van der Waals surface area contributed by atoms with Crippen LogP contribution in [-0.2, 0) is 49.1 Å². The summed E-state index contributed by atoms with van der Waals surface area (Å²) in [5, 5.41) is 8.37. The van der Waals surface area contributed by atoms with Crippen molar-refractivity contribution in [3.8, 4) is 5.75 Å². The number of rotatable bonds is 28. The highest BCUT2D eigenvalue weighted by atomic mass is 16.8. The van der Waals surface area contributed by atoms with Crippen LogP contribution in [0.3, 0.4) is 0 Å². The minimum Gasteiger partial charge on any atom is -0.467 e. The van der Waals surface area contributed by atoms with Crippen LogP contribution in [0.2, 0.25) is 0 Å². The van der Waals surface area contributed by atoms with Crippen LogP contribution in [0, 0.1) is 0 Å². The van der Waals surface area contributed by atoms with Gasteiger partial charge in [0.2, 0.25) is 0 Å². The molecule has 0 radical (unpaired) electrons. The Morgan fingerprint density at radius 1 is 0.528 bits per heavy atom. The first-order chi connectivity index (χ1) is 17.9. The van der Waals surface area contributed by atoms with Crippen LogP contribution in [0.4, 0.5) is 0 Å². The maximum absolute atomic E-state index is 8.37. The van der Waals surface area contributed by atoms with Crippen molar-refractivity contribution >= 4 is 0 Å². The number of ether oxygens (including phenoxy) is 10. The van der Waals surface area contributed by atoms with Gasteiger partial charge >= 0.3 is 0 Å². The lowest BCUT2D eigenvalue weighted by atomic mass is 10.0. The number of benzene rings is 1. The van der Waals surface area contributed by atoms with E-state index in [0.717, 1.165) is 12.2 Å². The van der Waals surface area contributed by atoms with Crippen LogP contribution in [0.5, 0.6) is 5.75 Å². The van der Waals surface area contributed by atoms with E-state index in [9.17, 15) is 0 Å². The van der Waals surface area contributed by atoms with Crippen LogP contribution in [0.15, 0.2) is 24.3 Å². The van der Waals surface area contributed by atoms with E-state index < -0.39 is 6.79 Å². The fourth-order valence-corrected chi connectivity index (χ4v) is 3.01. The molecule has 0 amide bonds.